The molecule has 28 heavy (non-hydrogen) atoms. The van der Waals surface area contributed by atoms with Gasteiger partial charge in [0.05, 0.1) is 11.6 Å². The first-order chi connectivity index (χ1) is 13.7. The third kappa shape index (κ3) is 4.09. The van der Waals surface area contributed by atoms with Crippen LogP contribution in [0, 0.1) is 0 Å². The Hall–Kier alpha value is -3.06. The molecule has 0 saturated carbocycles. The van der Waals surface area contributed by atoms with E-state index < -0.39 is 0 Å². The molecule has 142 valence electrons. The molecule has 2 heterocycles. The highest BCUT2D eigenvalue weighted by Crippen LogP contribution is 2.37. The van der Waals surface area contributed by atoms with Crippen LogP contribution in [0.3, 0.4) is 0 Å². The van der Waals surface area contributed by atoms with Crippen LogP contribution in [-0.4, -0.2) is 21.8 Å². The summed E-state index contributed by atoms with van der Waals surface area (Å²) in [5, 5.41) is 6.39. The highest BCUT2D eigenvalue weighted by Gasteiger charge is 2.30. The van der Waals surface area contributed by atoms with Gasteiger partial charge in [-0.1, -0.05) is 24.3 Å². The predicted octanol–water partition coefficient (Wildman–Crippen LogP) is 3.53. The van der Waals surface area contributed by atoms with Crippen molar-refractivity contribution < 1.29 is 9.59 Å². The number of aryl methyl sites for hydroxylation is 1. The first-order valence-corrected chi connectivity index (χ1v) is 10.0. The van der Waals surface area contributed by atoms with Crippen molar-refractivity contribution in [2.75, 3.05) is 5.32 Å². The van der Waals surface area contributed by atoms with Gasteiger partial charge in [0.1, 0.15) is 0 Å². The van der Waals surface area contributed by atoms with E-state index in [-0.39, 0.29) is 17.7 Å². The summed E-state index contributed by atoms with van der Waals surface area (Å²) < 4.78 is 0. The minimum absolute atomic E-state index is 0.0314. The summed E-state index contributed by atoms with van der Waals surface area (Å²) in [5.41, 5.74) is 2.34. The van der Waals surface area contributed by atoms with Crippen LogP contribution < -0.4 is 10.6 Å². The monoisotopic (exact) mass is 392 g/mol. The third-order valence-corrected chi connectivity index (χ3v) is 5.76. The molecular weight excluding hydrogens is 372 g/mol. The quantitative estimate of drug-likeness (QED) is 0.696. The molecule has 7 heteroatoms. The molecule has 0 bridgehead atoms. The molecule has 1 aliphatic rings. The molecule has 6 nitrogen and oxygen atoms in total. The number of hydrogen-bond acceptors (Lipinski definition) is 5. The van der Waals surface area contributed by atoms with Gasteiger partial charge in [0, 0.05) is 29.4 Å². The minimum Gasteiger partial charge on any atom is -0.351 e. The van der Waals surface area contributed by atoms with Crippen LogP contribution in [-0.2, 0) is 17.8 Å². The average Bonchev–Trinajstić information content (AvgIpc) is 3.15. The molecule has 2 amide bonds. The molecule has 0 aliphatic heterocycles. The molecule has 2 N–H and O–H groups in total. The van der Waals surface area contributed by atoms with E-state index in [1.54, 1.807) is 24.5 Å². The Morgan fingerprint density at radius 3 is 2.79 bits per heavy atom. The van der Waals surface area contributed by atoms with E-state index in [9.17, 15) is 9.59 Å². The lowest BCUT2D eigenvalue weighted by molar-refractivity contribution is -0.123. The lowest BCUT2D eigenvalue weighted by atomic mass is 9.90. The van der Waals surface area contributed by atoms with E-state index in [1.807, 2.05) is 30.3 Å². The smallest absolute Gasteiger partial charge is 0.257 e. The number of carbonyl (C=O) groups is 2. The lowest BCUT2D eigenvalue weighted by Gasteiger charge is -2.20. The second-order valence-corrected chi connectivity index (χ2v) is 7.76. The zero-order chi connectivity index (χ0) is 19.3. The molecule has 3 aromatic rings. The molecular formula is C21H20N4O2S. The fraction of sp³-hybridized carbons (Fsp3) is 0.238. The maximum absolute atomic E-state index is 12.7. The summed E-state index contributed by atoms with van der Waals surface area (Å²) in [4.78, 5) is 34.8. The number of carbonyl (C=O) groups excluding carboxylic acids is 2. The Kier molecular flexibility index (Phi) is 5.43. The van der Waals surface area contributed by atoms with Crippen LogP contribution in [0.5, 0.6) is 0 Å². The second-order valence-electron chi connectivity index (χ2n) is 6.67. The molecule has 1 aromatic carbocycles. The van der Waals surface area contributed by atoms with Gasteiger partial charge in [0.2, 0.25) is 5.91 Å². The number of amides is 2. The van der Waals surface area contributed by atoms with Gasteiger partial charge >= 0.3 is 0 Å². The molecule has 4 rings (SSSR count). The van der Waals surface area contributed by atoms with Crippen LogP contribution >= 0.6 is 11.3 Å². The Bertz CT molecular complexity index is 973. The zero-order valence-corrected chi connectivity index (χ0v) is 16.0. The van der Waals surface area contributed by atoms with Gasteiger partial charge in [-0.05, 0) is 43.0 Å². The number of thiazole rings is 1. The average molecular weight is 392 g/mol. The van der Waals surface area contributed by atoms with Gasteiger partial charge in [-0.2, -0.15) is 0 Å². The topological polar surface area (TPSA) is 84.0 Å². The van der Waals surface area contributed by atoms with Gasteiger partial charge < -0.3 is 5.32 Å². The lowest BCUT2D eigenvalue weighted by Crippen LogP contribution is -2.31. The summed E-state index contributed by atoms with van der Waals surface area (Å²) in [7, 11) is 0. The van der Waals surface area contributed by atoms with Gasteiger partial charge in [-0.25, -0.2) is 4.98 Å². The molecule has 2 aromatic heterocycles. The Balaban J connectivity index is 1.45. The fourth-order valence-corrected chi connectivity index (χ4v) is 4.36. The summed E-state index contributed by atoms with van der Waals surface area (Å²) in [6, 6.07) is 12.8. The number of fused-ring (bicyclic) bond motifs is 1. The van der Waals surface area contributed by atoms with Crippen molar-refractivity contribution in [3.63, 3.8) is 0 Å². The first kappa shape index (κ1) is 18.3. The van der Waals surface area contributed by atoms with Crippen molar-refractivity contribution in [3.05, 3.63) is 76.6 Å². The molecule has 0 spiro atoms. The maximum Gasteiger partial charge on any atom is 0.257 e. The predicted molar refractivity (Wildman–Crippen MR) is 108 cm³/mol. The van der Waals surface area contributed by atoms with Crippen molar-refractivity contribution >= 4 is 28.3 Å². The van der Waals surface area contributed by atoms with E-state index in [1.165, 1.54) is 11.3 Å². The third-order valence-electron chi connectivity index (χ3n) is 4.72. The number of hydrogen-bond donors (Lipinski definition) is 2. The van der Waals surface area contributed by atoms with Gasteiger partial charge in [-0.3, -0.25) is 19.9 Å². The number of nitrogens with one attached hydrogen (secondary N) is 2. The van der Waals surface area contributed by atoms with Crippen molar-refractivity contribution in [1.82, 2.24) is 15.3 Å². The zero-order valence-electron chi connectivity index (χ0n) is 15.2. The Labute approximate surface area is 167 Å². The SMILES string of the molecule is O=C(Nc1nc2c(s1)CCC[C@@H]2C(=O)NCc1cccnc1)c1ccccc1. The van der Waals surface area contributed by atoms with Crippen molar-refractivity contribution in [2.24, 2.45) is 0 Å². The Morgan fingerprint density at radius 2 is 2.00 bits per heavy atom. The number of benzene rings is 1. The number of aromatic nitrogens is 2. The number of rotatable bonds is 5. The van der Waals surface area contributed by atoms with Crippen LogP contribution in [0.2, 0.25) is 0 Å². The minimum atomic E-state index is -0.279. The van der Waals surface area contributed by atoms with E-state index in [0.717, 1.165) is 35.4 Å². The standard InChI is InChI=1S/C21H20N4O2S/c26-19(15-7-2-1-3-8-15)25-21-24-18-16(9-4-10-17(18)28-21)20(27)23-13-14-6-5-11-22-12-14/h1-3,5-8,11-12,16H,4,9-10,13H2,(H,23,27)(H,24,25,26)/t16-/m0/s1. The number of pyridine rings is 1. The van der Waals surface area contributed by atoms with Gasteiger partial charge in [-0.15, -0.1) is 11.3 Å². The molecule has 0 saturated heterocycles. The van der Waals surface area contributed by atoms with Crippen LogP contribution in [0.1, 0.15) is 45.3 Å². The van der Waals surface area contributed by atoms with E-state index in [4.69, 9.17) is 0 Å². The van der Waals surface area contributed by atoms with E-state index >= 15 is 0 Å². The normalized spacial score (nSPS) is 15.5. The first-order valence-electron chi connectivity index (χ1n) is 9.23. The second kappa shape index (κ2) is 8.31. The molecule has 0 unspecified atom stereocenters. The molecule has 0 fully saturated rings. The largest absolute Gasteiger partial charge is 0.351 e. The summed E-state index contributed by atoms with van der Waals surface area (Å²) in [6.45, 7) is 0.445. The summed E-state index contributed by atoms with van der Waals surface area (Å²) >= 11 is 1.46. The number of nitrogens with zero attached hydrogens (tertiary/aromatic N) is 2. The molecule has 1 aliphatic carbocycles. The van der Waals surface area contributed by atoms with Crippen LogP contribution in [0.25, 0.3) is 0 Å². The van der Waals surface area contributed by atoms with Gasteiger partial charge in [0.25, 0.3) is 5.91 Å². The maximum atomic E-state index is 12.7. The van der Waals surface area contributed by atoms with E-state index in [2.05, 4.69) is 20.6 Å². The Morgan fingerprint density at radius 1 is 1.14 bits per heavy atom. The van der Waals surface area contributed by atoms with Gasteiger partial charge in [0.15, 0.2) is 5.13 Å². The van der Waals surface area contributed by atoms with Crippen molar-refractivity contribution in [3.8, 4) is 0 Å². The summed E-state index contributed by atoms with van der Waals surface area (Å²) in [5.74, 6) is -0.501. The number of anilines is 1. The van der Waals surface area contributed by atoms with E-state index in [0.29, 0.717) is 17.2 Å². The van der Waals surface area contributed by atoms with Crippen molar-refractivity contribution in [1.29, 1.82) is 0 Å². The van der Waals surface area contributed by atoms with Crippen LogP contribution in [0.15, 0.2) is 54.9 Å². The summed E-state index contributed by atoms with van der Waals surface area (Å²) in [6.07, 6.45) is 6.04. The van der Waals surface area contributed by atoms with Crippen LogP contribution in [0.4, 0.5) is 5.13 Å². The van der Waals surface area contributed by atoms with Crippen molar-refractivity contribution in [2.45, 2.75) is 31.7 Å². The molecule has 1 atom stereocenters. The highest BCUT2D eigenvalue weighted by atomic mass is 32.1. The molecule has 0 radical (unpaired) electrons. The fourth-order valence-electron chi connectivity index (χ4n) is 3.30. The highest BCUT2D eigenvalue weighted by molar-refractivity contribution is 7.15.